The molecule has 3 unspecified atom stereocenters. The molecule has 0 bridgehead atoms. The quantitative estimate of drug-likeness (QED) is 0.776. The summed E-state index contributed by atoms with van der Waals surface area (Å²) in [6.07, 6.45) is 3.10. The zero-order valence-electron chi connectivity index (χ0n) is 12.9. The Hall–Kier alpha value is -0.910. The van der Waals surface area contributed by atoms with Crippen LogP contribution in [0.5, 0.6) is 0 Å². The van der Waals surface area contributed by atoms with Gasteiger partial charge in [0.25, 0.3) is 0 Å². The SMILES string of the molecule is CCCNC1COCC1C(=O)NC(CCC)c1cccs1. The van der Waals surface area contributed by atoms with E-state index < -0.39 is 0 Å². The molecule has 5 heteroatoms. The molecule has 1 aliphatic heterocycles. The van der Waals surface area contributed by atoms with Crippen molar-refractivity contribution in [3.8, 4) is 0 Å². The number of hydrogen-bond acceptors (Lipinski definition) is 4. The van der Waals surface area contributed by atoms with Crippen LogP contribution in [0.3, 0.4) is 0 Å². The number of ether oxygens (including phenoxy) is 1. The van der Waals surface area contributed by atoms with Crippen LogP contribution < -0.4 is 10.6 Å². The summed E-state index contributed by atoms with van der Waals surface area (Å²) in [6, 6.07) is 4.42. The van der Waals surface area contributed by atoms with Crippen LogP contribution in [0.15, 0.2) is 17.5 Å². The molecule has 1 aliphatic rings. The molecular formula is C16H26N2O2S. The summed E-state index contributed by atoms with van der Waals surface area (Å²) in [5.41, 5.74) is 0. The third kappa shape index (κ3) is 4.53. The maximum atomic E-state index is 12.6. The molecule has 4 nitrogen and oxygen atoms in total. The fraction of sp³-hybridized carbons (Fsp3) is 0.688. The molecule has 1 fully saturated rings. The van der Waals surface area contributed by atoms with E-state index in [2.05, 4.69) is 35.9 Å². The summed E-state index contributed by atoms with van der Waals surface area (Å²) in [6.45, 7) is 6.37. The van der Waals surface area contributed by atoms with Crippen molar-refractivity contribution in [3.63, 3.8) is 0 Å². The summed E-state index contributed by atoms with van der Waals surface area (Å²) >= 11 is 1.71. The molecule has 2 N–H and O–H groups in total. The van der Waals surface area contributed by atoms with Crippen LogP contribution in [-0.2, 0) is 9.53 Å². The number of carbonyl (C=O) groups excluding carboxylic acids is 1. The van der Waals surface area contributed by atoms with Gasteiger partial charge in [0.1, 0.15) is 0 Å². The number of thiophene rings is 1. The van der Waals surface area contributed by atoms with Crippen LogP contribution in [-0.4, -0.2) is 31.7 Å². The van der Waals surface area contributed by atoms with Gasteiger partial charge in [-0.05, 0) is 30.8 Å². The summed E-state index contributed by atoms with van der Waals surface area (Å²) in [5, 5.41) is 8.70. The molecule has 0 radical (unpaired) electrons. The van der Waals surface area contributed by atoms with Gasteiger partial charge in [-0.3, -0.25) is 4.79 Å². The summed E-state index contributed by atoms with van der Waals surface area (Å²) in [5.74, 6) is 0.0452. The van der Waals surface area contributed by atoms with E-state index in [1.54, 1.807) is 11.3 Å². The zero-order valence-corrected chi connectivity index (χ0v) is 13.7. The highest BCUT2D eigenvalue weighted by Gasteiger charge is 2.34. The van der Waals surface area contributed by atoms with Gasteiger partial charge in [0, 0.05) is 10.9 Å². The Bertz CT molecular complexity index is 422. The first-order chi connectivity index (χ1) is 10.3. The van der Waals surface area contributed by atoms with Crippen LogP contribution in [0.1, 0.15) is 44.0 Å². The molecule has 1 aromatic rings. The van der Waals surface area contributed by atoms with Gasteiger partial charge in [-0.15, -0.1) is 11.3 Å². The minimum absolute atomic E-state index is 0.0733. The van der Waals surface area contributed by atoms with Crippen LogP contribution in [0, 0.1) is 5.92 Å². The average molecular weight is 310 g/mol. The van der Waals surface area contributed by atoms with E-state index >= 15 is 0 Å². The molecule has 1 saturated heterocycles. The highest BCUT2D eigenvalue weighted by molar-refractivity contribution is 7.10. The lowest BCUT2D eigenvalue weighted by molar-refractivity contribution is -0.126. The number of nitrogens with one attached hydrogen (secondary N) is 2. The molecule has 1 aromatic heterocycles. The molecule has 0 aromatic carbocycles. The molecular weight excluding hydrogens is 284 g/mol. The molecule has 2 rings (SSSR count). The Kier molecular flexibility index (Phi) is 6.67. The first-order valence-electron chi connectivity index (χ1n) is 7.91. The van der Waals surface area contributed by atoms with Crippen LogP contribution in [0.25, 0.3) is 0 Å². The first-order valence-corrected chi connectivity index (χ1v) is 8.79. The number of hydrogen-bond donors (Lipinski definition) is 2. The third-order valence-electron chi connectivity index (χ3n) is 3.85. The average Bonchev–Trinajstić information content (AvgIpc) is 3.15. The lowest BCUT2D eigenvalue weighted by Crippen LogP contribution is -2.45. The van der Waals surface area contributed by atoms with Crippen LogP contribution >= 0.6 is 11.3 Å². The highest BCUT2D eigenvalue weighted by Crippen LogP contribution is 2.24. The molecule has 0 spiro atoms. The van der Waals surface area contributed by atoms with Gasteiger partial charge in [-0.2, -0.15) is 0 Å². The Morgan fingerprint density at radius 2 is 2.29 bits per heavy atom. The molecule has 3 atom stereocenters. The molecule has 0 aliphatic carbocycles. The van der Waals surface area contributed by atoms with Crippen molar-refractivity contribution in [1.29, 1.82) is 0 Å². The maximum absolute atomic E-state index is 12.6. The smallest absolute Gasteiger partial charge is 0.227 e. The summed E-state index contributed by atoms with van der Waals surface area (Å²) in [4.78, 5) is 13.8. The van der Waals surface area contributed by atoms with E-state index in [0.717, 1.165) is 25.8 Å². The van der Waals surface area contributed by atoms with Gasteiger partial charge in [0.15, 0.2) is 0 Å². The molecule has 2 heterocycles. The predicted octanol–water partition coefficient (Wildman–Crippen LogP) is 2.72. The maximum Gasteiger partial charge on any atom is 0.227 e. The number of carbonyl (C=O) groups is 1. The van der Waals surface area contributed by atoms with Crippen molar-refractivity contribution in [1.82, 2.24) is 10.6 Å². The topological polar surface area (TPSA) is 50.4 Å². The van der Waals surface area contributed by atoms with E-state index in [1.807, 2.05) is 6.07 Å². The van der Waals surface area contributed by atoms with Crippen molar-refractivity contribution in [3.05, 3.63) is 22.4 Å². The van der Waals surface area contributed by atoms with Crippen molar-refractivity contribution in [2.75, 3.05) is 19.8 Å². The van der Waals surface area contributed by atoms with Gasteiger partial charge < -0.3 is 15.4 Å². The van der Waals surface area contributed by atoms with E-state index in [1.165, 1.54) is 4.88 Å². The minimum Gasteiger partial charge on any atom is -0.379 e. The van der Waals surface area contributed by atoms with E-state index in [4.69, 9.17) is 4.74 Å². The van der Waals surface area contributed by atoms with E-state index in [9.17, 15) is 4.79 Å². The van der Waals surface area contributed by atoms with Crippen molar-refractivity contribution < 1.29 is 9.53 Å². The first kappa shape index (κ1) is 16.5. The van der Waals surface area contributed by atoms with Gasteiger partial charge in [0.05, 0.1) is 25.2 Å². The second-order valence-electron chi connectivity index (χ2n) is 5.57. The minimum atomic E-state index is -0.0733. The standard InChI is InChI=1S/C16H26N2O2S/c1-3-6-13(15-7-5-9-21-15)18-16(19)12-10-20-11-14(12)17-8-4-2/h5,7,9,12-14,17H,3-4,6,8,10-11H2,1-2H3,(H,18,19). The fourth-order valence-corrected chi connectivity index (χ4v) is 3.50. The number of amides is 1. The molecule has 118 valence electrons. The predicted molar refractivity (Wildman–Crippen MR) is 86.5 cm³/mol. The Morgan fingerprint density at radius 3 is 2.95 bits per heavy atom. The van der Waals surface area contributed by atoms with Gasteiger partial charge in [-0.1, -0.05) is 26.3 Å². The van der Waals surface area contributed by atoms with E-state index in [-0.39, 0.29) is 23.9 Å². The van der Waals surface area contributed by atoms with Crippen LogP contribution in [0.4, 0.5) is 0 Å². The second-order valence-corrected chi connectivity index (χ2v) is 6.55. The molecule has 21 heavy (non-hydrogen) atoms. The Balaban J connectivity index is 1.94. The molecule has 1 amide bonds. The zero-order chi connectivity index (χ0) is 15.1. The van der Waals surface area contributed by atoms with Crippen LogP contribution in [0.2, 0.25) is 0 Å². The van der Waals surface area contributed by atoms with Crippen molar-refractivity contribution in [2.24, 2.45) is 5.92 Å². The lowest BCUT2D eigenvalue weighted by atomic mass is 10.0. The third-order valence-corrected chi connectivity index (χ3v) is 4.84. The van der Waals surface area contributed by atoms with Crippen molar-refractivity contribution >= 4 is 17.2 Å². The van der Waals surface area contributed by atoms with E-state index in [0.29, 0.717) is 13.2 Å². The van der Waals surface area contributed by atoms with Gasteiger partial charge >= 0.3 is 0 Å². The second kappa shape index (κ2) is 8.51. The summed E-state index contributed by atoms with van der Waals surface area (Å²) < 4.78 is 5.50. The Morgan fingerprint density at radius 1 is 1.43 bits per heavy atom. The fourth-order valence-electron chi connectivity index (χ4n) is 2.69. The highest BCUT2D eigenvalue weighted by atomic mass is 32.1. The lowest BCUT2D eigenvalue weighted by Gasteiger charge is -2.22. The Labute approximate surface area is 131 Å². The van der Waals surface area contributed by atoms with Gasteiger partial charge in [0.2, 0.25) is 5.91 Å². The largest absolute Gasteiger partial charge is 0.379 e. The monoisotopic (exact) mass is 310 g/mol. The molecule has 0 saturated carbocycles. The van der Waals surface area contributed by atoms with Crippen molar-refractivity contribution in [2.45, 2.75) is 45.2 Å². The van der Waals surface area contributed by atoms with Gasteiger partial charge in [-0.25, -0.2) is 0 Å². The normalized spacial score (nSPS) is 23.1. The number of rotatable bonds is 8. The summed E-state index contributed by atoms with van der Waals surface area (Å²) in [7, 11) is 0.